The molecule has 0 saturated carbocycles. The van der Waals surface area contributed by atoms with Gasteiger partial charge in [0.1, 0.15) is 0 Å². The summed E-state index contributed by atoms with van der Waals surface area (Å²) in [7, 11) is 0. The molecule has 4 nitrogen and oxygen atoms in total. The number of anilines is 3. The van der Waals surface area contributed by atoms with Gasteiger partial charge in [-0.15, -0.1) is 0 Å². The number of hydrogen-bond donors (Lipinski definition) is 0. The van der Waals surface area contributed by atoms with Gasteiger partial charge in [-0.3, -0.25) is 19.4 Å². The van der Waals surface area contributed by atoms with Crippen molar-refractivity contribution in [3.8, 4) is 0 Å². The summed E-state index contributed by atoms with van der Waals surface area (Å²) in [4.78, 5) is 31.1. The number of benzene rings is 4. The molecule has 0 atom stereocenters. The van der Waals surface area contributed by atoms with E-state index in [9.17, 15) is 9.59 Å². The average Bonchev–Trinajstić information content (AvgIpc) is 2.96. The summed E-state index contributed by atoms with van der Waals surface area (Å²) in [6.45, 7) is 0. The molecular weight excluding hydrogens is 444 g/mol. The summed E-state index contributed by atoms with van der Waals surface area (Å²) in [5.74, 6) is -0.385. The molecule has 0 radical (unpaired) electrons. The maximum atomic E-state index is 13.9. The zero-order chi connectivity index (χ0) is 24.7. The molecule has 176 valence electrons. The first-order valence-corrected chi connectivity index (χ1v) is 12.0. The Morgan fingerprint density at radius 1 is 0.528 bits per heavy atom. The normalized spacial score (nSPS) is 12.5. The molecule has 0 heterocycles. The quantitative estimate of drug-likeness (QED) is 0.292. The van der Waals surface area contributed by atoms with Crippen LogP contribution in [0.4, 0.5) is 17.1 Å². The van der Waals surface area contributed by atoms with E-state index in [1.165, 1.54) is 0 Å². The van der Waals surface area contributed by atoms with Crippen LogP contribution < -0.4 is 9.80 Å². The van der Waals surface area contributed by atoms with Crippen LogP contribution in [-0.4, -0.2) is 11.8 Å². The third-order valence-electron chi connectivity index (χ3n) is 6.04. The van der Waals surface area contributed by atoms with Gasteiger partial charge in [0.2, 0.25) is 0 Å². The summed E-state index contributed by atoms with van der Waals surface area (Å²) < 4.78 is 0. The van der Waals surface area contributed by atoms with Crippen molar-refractivity contribution < 1.29 is 9.59 Å². The highest BCUT2D eigenvalue weighted by Crippen LogP contribution is 2.29. The number of carbonyl (C=O) groups excluding carboxylic acids is 2. The van der Waals surface area contributed by atoms with Crippen molar-refractivity contribution in [3.63, 3.8) is 0 Å². The Hall–Kier alpha value is -4.70. The summed E-state index contributed by atoms with van der Waals surface area (Å²) in [6, 6.07) is 35.6. The molecule has 0 fully saturated rings. The van der Waals surface area contributed by atoms with Gasteiger partial charge in [-0.05, 0) is 73.5 Å². The molecule has 4 heteroatoms. The van der Waals surface area contributed by atoms with E-state index in [-0.39, 0.29) is 11.8 Å². The summed E-state index contributed by atoms with van der Waals surface area (Å²) in [6.07, 6.45) is 7.97. The van der Waals surface area contributed by atoms with Crippen molar-refractivity contribution in [2.24, 2.45) is 0 Å². The number of rotatable bonds is 6. The Bertz CT molecular complexity index is 1370. The van der Waals surface area contributed by atoms with Gasteiger partial charge in [0.05, 0.1) is 0 Å². The van der Waals surface area contributed by atoms with Gasteiger partial charge in [0, 0.05) is 33.9 Å². The second-order valence-electron chi connectivity index (χ2n) is 8.48. The van der Waals surface area contributed by atoms with E-state index in [0.717, 1.165) is 35.6 Å². The number of carbonyl (C=O) groups is 2. The zero-order valence-corrected chi connectivity index (χ0v) is 19.8. The predicted octanol–water partition coefficient (Wildman–Crippen LogP) is 7.55. The van der Waals surface area contributed by atoms with Crippen LogP contribution in [0.2, 0.25) is 0 Å². The lowest BCUT2D eigenvalue weighted by Crippen LogP contribution is -2.31. The lowest BCUT2D eigenvalue weighted by Gasteiger charge is -2.26. The van der Waals surface area contributed by atoms with Crippen LogP contribution in [0.5, 0.6) is 0 Å². The highest BCUT2D eigenvalue weighted by Gasteiger charge is 2.24. The second kappa shape index (κ2) is 10.7. The first-order chi connectivity index (χ1) is 17.7. The van der Waals surface area contributed by atoms with Crippen LogP contribution in [0.1, 0.15) is 33.6 Å². The lowest BCUT2D eigenvalue weighted by molar-refractivity contribution is 0.0995. The van der Waals surface area contributed by atoms with Crippen LogP contribution in [0.25, 0.3) is 0 Å². The fraction of sp³-hybridized carbons (Fsp3) is 0.0625. The molecule has 0 spiro atoms. The molecule has 0 saturated heterocycles. The van der Waals surface area contributed by atoms with Gasteiger partial charge in [-0.2, -0.15) is 0 Å². The van der Waals surface area contributed by atoms with E-state index in [4.69, 9.17) is 0 Å². The van der Waals surface area contributed by atoms with E-state index in [1.54, 1.807) is 34.1 Å². The average molecular weight is 471 g/mol. The summed E-state index contributed by atoms with van der Waals surface area (Å²) in [5, 5.41) is 0. The molecule has 0 aromatic heterocycles. The van der Waals surface area contributed by atoms with Crippen molar-refractivity contribution >= 4 is 28.9 Å². The number of para-hydroxylation sites is 3. The van der Waals surface area contributed by atoms with Crippen molar-refractivity contribution in [3.05, 3.63) is 150 Å². The monoisotopic (exact) mass is 470 g/mol. The first kappa shape index (κ1) is 23.1. The van der Waals surface area contributed by atoms with E-state index in [2.05, 4.69) is 12.2 Å². The van der Waals surface area contributed by atoms with Crippen molar-refractivity contribution in [1.29, 1.82) is 0 Å². The zero-order valence-electron chi connectivity index (χ0n) is 19.8. The summed E-state index contributed by atoms with van der Waals surface area (Å²) in [5.41, 5.74) is 4.03. The van der Waals surface area contributed by atoms with Gasteiger partial charge in [-0.25, -0.2) is 0 Å². The van der Waals surface area contributed by atoms with Crippen molar-refractivity contribution in [2.45, 2.75) is 12.8 Å². The third-order valence-corrected chi connectivity index (χ3v) is 6.04. The number of amides is 2. The van der Waals surface area contributed by atoms with Crippen LogP contribution in [0.3, 0.4) is 0 Å². The molecule has 36 heavy (non-hydrogen) atoms. The van der Waals surface area contributed by atoms with Crippen molar-refractivity contribution in [1.82, 2.24) is 0 Å². The Labute approximate surface area is 211 Å². The lowest BCUT2D eigenvalue weighted by atomic mass is 10.1. The number of nitrogens with zero attached hydrogens (tertiary/aromatic N) is 2. The van der Waals surface area contributed by atoms with Gasteiger partial charge in [0.25, 0.3) is 11.8 Å². The second-order valence-corrected chi connectivity index (χ2v) is 8.48. The molecule has 1 aliphatic rings. The van der Waals surface area contributed by atoms with Gasteiger partial charge in [-0.1, -0.05) is 72.8 Å². The smallest absolute Gasteiger partial charge is 0.262 e. The third kappa shape index (κ3) is 4.89. The maximum Gasteiger partial charge on any atom is 0.262 e. The van der Waals surface area contributed by atoms with Crippen LogP contribution >= 0.6 is 0 Å². The predicted molar refractivity (Wildman–Crippen MR) is 146 cm³/mol. The molecule has 4 aromatic rings. The topological polar surface area (TPSA) is 40.6 Å². The molecular formula is C32H26N2O2. The standard InChI is InChI=1S/C32H26N2O2/c35-31(33(27-16-5-1-6-17-27)28-18-7-2-8-19-28)25-14-13-15-26(24-25)32(36)34(29-20-9-3-10-21-29)30-22-11-4-12-23-30/h1-3,5-11,13-24H,4,12H2. The van der Waals surface area contributed by atoms with E-state index < -0.39 is 0 Å². The number of hydrogen-bond acceptors (Lipinski definition) is 2. The Morgan fingerprint density at radius 3 is 1.47 bits per heavy atom. The SMILES string of the molecule is O=C(c1cccc(C(=O)N(c2ccccc2)c2ccccc2)c1)N(C1=CCCC=C1)c1ccccc1. The van der Waals surface area contributed by atoms with Crippen LogP contribution in [0, 0.1) is 0 Å². The summed E-state index contributed by atoms with van der Waals surface area (Å²) >= 11 is 0. The largest absolute Gasteiger partial charge is 0.277 e. The van der Waals surface area contributed by atoms with Crippen molar-refractivity contribution in [2.75, 3.05) is 9.80 Å². The van der Waals surface area contributed by atoms with E-state index >= 15 is 0 Å². The fourth-order valence-electron chi connectivity index (χ4n) is 4.31. The highest BCUT2D eigenvalue weighted by molar-refractivity contribution is 6.13. The fourth-order valence-corrected chi connectivity index (χ4v) is 4.31. The minimum Gasteiger partial charge on any atom is -0.277 e. The van der Waals surface area contributed by atoms with E-state index in [0.29, 0.717) is 11.1 Å². The number of allylic oxidation sites excluding steroid dienone is 3. The molecule has 5 rings (SSSR count). The Morgan fingerprint density at radius 2 is 1.00 bits per heavy atom. The van der Waals surface area contributed by atoms with E-state index in [1.807, 2.05) is 97.1 Å². The van der Waals surface area contributed by atoms with Gasteiger partial charge < -0.3 is 0 Å². The molecule has 0 unspecified atom stereocenters. The molecule has 0 bridgehead atoms. The van der Waals surface area contributed by atoms with Gasteiger partial charge in [0.15, 0.2) is 0 Å². The maximum absolute atomic E-state index is 13.9. The first-order valence-electron chi connectivity index (χ1n) is 12.0. The molecule has 1 aliphatic carbocycles. The highest BCUT2D eigenvalue weighted by atomic mass is 16.2. The Kier molecular flexibility index (Phi) is 6.86. The molecule has 4 aromatic carbocycles. The van der Waals surface area contributed by atoms with Crippen LogP contribution in [0.15, 0.2) is 139 Å². The molecule has 2 amide bonds. The molecule has 0 aliphatic heterocycles. The minimum absolute atomic E-state index is 0.181. The van der Waals surface area contributed by atoms with Crippen LogP contribution in [-0.2, 0) is 0 Å². The van der Waals surface area contributed by atoms with Gasteiger partial charge >= 0.3 is 0 Å². The Balaban J connectivity index is 1.53. The molecule has 0 N–H and O–H groups in total. The minimum atomic E-state index is -0.204.